The van der Waals surface area contributed by atoms with E-state index in [4.69, 9.17) is 9.47 Å². The van der Waals surface area contributed by atoms with Gasteiger partial charge in [0.25, 0.3) is 0 Å². The van der Waals surface area contributed by atoms with Crippen molar-refractivity contribution < 1.29 is 9.47 Å². The van der Waals surface area contributed by atoms with E-state index in [2.05, 4.69) is 155 Å². The minimum Gasteiger partial charge on any atom is -0.496 e. The first-order chi connectivity index (χ1) is 26.2. The van der Waals surface area contributed by atoms with Crippen molar-refractivity contribution in [3.8, 4) is 51.0 Å². The molecule has 53 heavy (non-hydrogen) atoms. The van der Waals surface area contributed by atoms with Crippen molar-refractivity contribution in [1.82, 2.24) is 9.13 Å². The van der Waals surface area contributed by atoms with Gasteiger partial charge in [0, 0.05) is 44.2 Å². The van der Waals surface area contributed by atoms with Crippen molar-refractivity contribution >= 4 is 44.4 Å². The summed E-state index contributed by atoms with van der Waals surface area (Å²) in [7, 11) is 1.73. The SMILES string of the molecule is C=C1/C=C\c2c(n(-c3ccccc3)c3ccc(-c4ccc5c6ccc(-c7ccccc7OC)cc6n(-c6ccccc6)c5c4)cc23)Oc2ccccc21. The van der Waals surface area contributed by atoms with E-state index >= 15 is 0 Å². The summed E-state index contributed by atoms with van der Waals surface area (Å²) in [4.78, 5) is 0. The molecule has 0 unspecified atom stereocenters. The Morgan fingerprint density at radius 1 is 0.491 bits per heavy atom. The van der Waals surface area contributed by atoms with Crippen LogP contribution in [0.3, 0.4) is 0 Å². The van der Waals surface area contributed by atoms with Gasteiger partial charge in [0.2, 0.25) is 5.88 Å². The highest BCUT2D eigenvalue weighted by molar-refractivity contribution is 6.11. The van der Waals surface area contributed by atoms with Crippen molar-refractivity contribution in [2.75, 3.05) is 7.11 Å². The third-order valence-electron chi connectivity index (χ3n) is 10.4. The molecule has 4 heteroatoms. The van der Waals surface area contributed by atoms with Gasteiger partial charge in [-0.25, -0.2) is 0 Å². The van der Waals surface area contributed by atoms with Gasteiger partial charge in [-0.3, -0.25) is 4.57 Å². The first-order valence-corrected chi connectivity index (χ1v) is 17.8. The zero-order chi connectivity index (χ0) is 35.5. The van der Waals surface area contributed by atoms with Crippen LogP contribution in [-0.4, -0.2) is 16.2 Å². The molecule has 3 heterocycles. The number of para-hydroxylation sites is 4. The molecule has 0 aliphatic carbocycles. The van der Waals surface area contributed by atoms with Crippen molar-refractivity contribution in [3.63, 3.8) is 0 Å². The molecule has 10 rings (SSSR count). The highest BCUT2D eigenvalue weighted by Crippen LogP contribution is 2.44. The normalized spacial score (nSPS) is 13.0. The van der Waals surface area contributed by atoms with Crippen LogP contribution in [0.1, 0.15) is 11.1 Å². The van der Waals surface area contributed by atoms with Gasteiger partial charge in [-0.1, -0.05) is 116 Å². The summed E-state index contributed by atoms with van der Waals surface area (Å²) in [5, 5.41) is 3.51. The maximum Gasteiger partial charge on any atom is 0.213 e. The number of aromatic nitrogens is 2. The number of benzene rings is 7. The molecule has 2 aromatic heterocycles. The van der Waals surface area contributed by atoms with Crippen molar-refractivity contribution in [3.05, 3.63) is 188 Å². The minimum absolute atomic E-state index is 0.782. The van der Waals surface area contributed by atoms with E-state index in [9.17, 15) is 0 Å². The van der Waals surface area contributed by atoms with Crippen LogP contribution < -0.4 is 9.47 Å². The van der Waals surface area contributed by atoms with Gasteiger partial charge in [0.05, 0.1) is 23.7 Å². The Hall–Kier alpha value is -7.04. The average Bonchev–Trinajstić information content (AvgIpc) is 3.70. The molecule has 7 aromatic carbocycles. The van der Waals surface area contributed by atoms with Gasteiger partial charge in [0.15, 0.2) is 0 Å². The monoisotopic (exact) mass is 682 g/mol. The summed E-state index contributed by atoms with van der Waals surface area (Å²) >= 11 is 0. The van der Waals surface area contributed by atoms with Crippen LogP contribution in [0.25, 0.3) is 78.0 Å². The van der Waals surface area contributed by atoms with Crippen molar-refractivity contribution in [2.45, 2.75) is 0 Å². The molecule has 0 N–H and O–H groups in total. The third kappa shape index (κ3) is 4.99. The summed E-state index contributed by atoms with van der Waals surface area (Å²) in [6, 6.07) is 57.7. The molecule has 0 saturated carbocycles. The topological polar surface area (TPSA) is 28.3 Å². The van der Waals surface area contributed by atoms with Crippen molar-refractivity contribution in [2.24, 2.45) is 0 Å². The van der Waals surface area contributed by atoms with E-state index in [-0.39, 0.29) is 0 Å². The molecule has 0 amide bonds. The highest BCUT2D eigenvalue weighted by Gasteiger charge is 2.23. The highest BCUT2D eigenvalue weighted by atomic mass is 16.5. The predicted molar refractivity (Wildman–Crippen MR) is 220 cm³/mol. The molecule has 0 radical (unpaired) electrons. The van der Waals surface area contributed by atoms with Crippen LogP contribution in [-0.2, 0) is 0 Å². The first-order valence-electron chi connectivity index (χ1n) is 17.8. The molecule has 0 atom stereocenters. The summed E-state index contributed by atoms with van der Waals surface area (Å²) < 4.78 is 17.2. The smallest absolute Gasteiger partial charge is 0.213 e. The zero-order valence-electron chi connectivity index (χ0n) is 29.2. The molecular formula is C49H34N2O2. The van der Waals surface area contributed by atoms with Crippen molar-refractivity contribution in [1.29, 1.82) is 0 Å². The number of rotatable bonds is 5. The van der Waals surface area contributed by atoms with Gasteiger partial charge < -0.3 is 14.0 Å². The minimum atomic E-state index is 0.782. The van der Waals surface area contributed by atoms with E-state index in [0.717, 1.165) is 89.6 Å². The lowest BCUT2D eigenvalue weighted by atomic mass is 9.99. The number of fused-ring (bicyclic) bond motifs is 7. The lowest BCUT2D eigenvalue weighted by Gasteiger charge is -2.17. The molecular weight excluding hydrogens is 649 g/mol. The third-order valence-corrected chi connectivity index (χ3v) is 10.4. The standard InChI is InChI=1S/C49H34N2O2/c1-32-21-25-42-43-29-33(24-28-44(43)51(37-15-7-4-8-16-37)49(42)53-48-20-12-9-17-38(32)48)34-22-26-40-41-27-23-35(39-18-10-11-19-47(39)52-2)31-46(41)50(45(40)30-34)36-13-5-3-6-14-36/h3-31H,1H2,2H3/b25-21-. The second-order valence-corrected chi connectivity index (χ2v) is 13.4. The van der Waals surface area contributed by atoms with Gasteiger partial charge in [-0.15, -0.1) is 0 Å². The fourth-order valence-electron chi connectivity index (χ4n) is 7.87. The second-order valence-electron chi connectivity index (χ2n) is 13.4. The molecule has 4 nitrogen and oxygen atoms in total. The fraction of sp³-hybridized carbons (Fsp3) is 0.0204. The maximum atomic E-state index is 6.82. The Labute approximate surface area is 307 Å². The van der Waals surface area contributed by atoms with Gasteiger partial charge >= 0.3 is 0 Å². The lowest BCUT2D eigenvalue weighted by Crippen LogP contribution is -2.00. The van der Waals surface area contributed by atoms with Gasteiger partial charge in [-0.05, 0) is 89.0 Å². The Balaban J connectivity index is 1.19. The number of hydrogen-bond acceptors (Lipinski definition) is 2. The van der Waals surface area contributed by atoms with Crippen LogP contribution in [0, 0.1) is 0 Å². The second kappa shape index (κ2) is 12.3. The quantitative estimate of drug-likeness (QED) is 0.181. The zero-order valence-corrected chi connectivity index (χ0v) is 29.2. The summed E-state index contributed by atoms with van der Waals surface area (Å²) in [6.07, 6.45) is 4.25. The fourth-order valence-corrected chi connectivity index (χ4v) is 7.87. The van der Waals surface area contributed by atoms with E-state index in [0.29, 0.717) is 0 Å². The number of allylic oxidation sites excluding steroid dienone is 2. The Kier molecular flexibility index (Phi) is 7.15. The van der Waals surface area contributed by atoms with Crippen LogP contribution >= 0.6 is 0 Å². The molecule has 0 bridgehead atoms. The number of ether oxygens (including phenoxy) is 2. The molecule has 0 fully saturated rings. The van der Waals surface area contributed by atoms with Gasteiger partial charge in [-0.2, -0.15) is 0 Å². The number of nitrogens with zero attached hydrogens (tertiary/aromatic N) is 2. The van der Waals surface area contributed by atoms with E-state index < -0.39 is 0 Å². The Morgan fingerprint density at radius 3 is 1.81 bits per heavy atom. The summed E-state index contributed by atoms with van der Waals surface area (Å²) in [5.74, 6) is 2.43. The molecule has 1 aliphatic rings. The lowest BCUT2D eigenvalue weighted by molar-refractivity contribution is 0.416. The number of methoxy groups -OCH3 is 1. The summed E-state index contributed by atoms with van der Waals surface area (Å²) in [6.45, 7) is 4.37. The first kappa shape index (κ1) is 30.8. The van der Waals surface area contributed by atoms with E-state index in [1.807, 2.05) is 36.4 Å². The maximum absolute atomic E-state index is 6.82. The van der Waals surface area contributed by atoms with Gasteiger partial charge in [0.1, 0.15) is 11.5 Å². The van der Waals surface area contributed by atoms with Crippen LogP contribution in [0.2, 0.25) is 0 Å². The molecule has 9 aromatic rings. The Bertz CT molecular complexity index is 2910. The molecule has 0 saturated heterocycles. The molecule has 252 valence electrons. The van der Waals surface area contributed by atoms with Crippen LogP contribution in [0.15, 0.2) is 176 Å². The number of hydrogen-bond donors (Lipinski definition) is 0. The van der Waals surface area contributed by atoms with E-state index in [1.165, 1.54) is 10.8 Å². The predicted octanol–water partition coefficient (Wildman–Crippen LogP) is 12.9. The summed E-state index contributed by atoms with van der Waals surface area (Å²) in [5.41, 5.74) is 12.9. The van der Waals surface area contributed by atoms with E-state index in [1.54, 1.807) is 7.11 Å². The molecule has 1 aliphatic heterocycles. The molecule has 0 spiro atoms. The van der Waals surface area contributed by atoms with Crippen LogP contribution in [0.5, 0.6) is 17.4 Å². The Morgan fingerprint density at radius 2 is 1.08 bits per heavy atom. The largest absolute Gasteiger partial charge is 0.496 e. The van der Waals surface area contributed by atoms with Crippen LogP contribution in [0.4, 0.5) is 0 Å². The average molecular weight is 683 g/mol.